The van der Waals surface area contributed by atoms with Crippen molar-refractivity contribution >= 4 is 28.8 Å². The molecule has 0 atom stereocenters. The fourth-order valence-corrected chi connectivity index (χ4v) is 2.31. The first-order chi connectivity index (χ1) is 10.1. The van der Waals surface area contributed by atoms with Crippen LogP contribution in [0.5, 0.6) is 17.2 Å². The number of hydrogen-bond donors (Lipinski definition) is 1. The van der Waals surface area contributed by atoms with E-state index in [0.717, 1.165) is 16.9 Å². The topological polar surface area (TPSA) is 53.7 Å². The number of benzene rings is 2. The SMILES string of the molecule is NC(=S)c1ccc(COc2ccc3c(c2)OCO3)c(Cl)c1. The highest BCUT2D eigenvalue weighted by Crippen LogP contribution is 2.35. The third-order valence-electron chi connectivity index (χ3n) is 3.08. The summed E-state index contributed by atoms with van der Waals surface area (Å²) in [4.78, 5) is 0.320. The summed E-state index contributed by atoms with van der Waals surface area (Å²) >= 11 is 11.1. The summed E-state index contributed by atoms with van der Waals surface area (Å²) in [6, 6.07) is 10.8. The quantitative estimate of drug-likeness (QED) is 0.876. The number of thiocarbonyl (C=S) groups is 1. The van der Waals surface area contributed by atoms with Crippen LogP contribution in [-0.4, -0.2) is 11.8 Å². The van der Waals surface area contributed by atoms with E-state index in [1.54, 1.807) is 12.1 Å². The van der Waals surface area contributed by atoms with Crippen molar-refractivity contribution in [3.8, 4) is 17.2 Å². The van der Waals surface area contributed by atoms with Gasteiger partial charge in [-0.3, -0.25) is 0 Å². The van der Waals surface area contributed by atoms with Crippen molar-refractivity contribution in [2.75, 3.05) is 6.79 Å². The lowest BCUT2D eigenvalue weighted by Crippen LogP contribution is -2.09. The zero-order chi connectivity index (χ0) is 14.8. The Morgan fingerprint density at radius 1 is 1.19 bits per heavy atom. The molecule has 3 rings (SSSR count). The maximum atomic E-state index is 6.19. The summed E-state index contributed by atoms with van der Waals surface area (Å²) in [7, 11) is 0. The van der Waals surface area contributed by atoms with Gasteiger partial charge in [0.15, 0.2) is 11.5 Å². The molecule has 0 aromatic heterocycles. The van der Waals surface area contributed by atoms with Crippen molar-refractivity contribution in [1.29, 1.82) is 0 Å². The molecule has 0 bridgehead atoms. The molecule has 2 aromatic rings. The van der Waals surface area contributed by atoms with Gasteiger partial charge in [0.1, 0.15) is 17.3 Å². The number of ether oxygens (including phenoxy) is 3. The first kappa shape index (κ1) is 14.0. The zero-order valence-corrected chi connectivity index (χ0v) is 12.5. The van der Waals surface area contributed by atoms with Crippen LogP contribution in [0, 0.1) is 0 Å². The first-order valence-corrected chi connectivity index (χ1v) is 7.03. The molecule has 0 fully saturated rings. The molecule has 2 aromatic carbocycles. The summed E-state index contributed by atoms with van der Waals surface area (Å²) in [6.45, 7) is 0.584. The third-order valence-corrected chi connectivity index (χ3v) is 3.66. The summed E-state index contributed by atoms with van der Waals surface area (Å²) in [5.41, 5.74) is 7.16. The highest BCUT2D eigenvalue weighted by atomic mass is 35.5. The number of rotatable bonds is 4. The minimum Gasteiger partial charge on any atom is -0.489 e. The molecule has 0 unspecified atom stereocenters. The molecule has 0 saturated carbocycles. The van der Waals surface area contributed by atoms with Gasteiger partial charge < -0.3 is 19.9 Å². The van der Waals surface area contributed by atoms with Crippen molar-refractivity contribution in [1.82, 2.24) is 0 Å². The van der Waals surface area contributed by atoms with E-state index < -0.39 is 0 Å². The molecule has 1 aliphatic heterocycles. The van der Waals surface area contributed by atoms with Gasteiger partial charge >= 0.3 is 0 Å². The van der Waals surface area contributed by atoms with Crippen LogP contribution in [-0.2, 0) is 6.61 Å². The molecule has 0 radical (unpaired) electrons. The predicted molar refractivity (Wildman–Crippen MR) is 84.2 cm³/mol. The smallest absolute Gasteiger partial charge is 0.231 e. The summed E-state index contributed by atoms with van der Waals surface area (Å²) in [5.74, 6) is 2.09. The Morgan fingerprint density at radius 3 is 2.76 bits per heavy atom. The minimum atomic E-state index is 0.241. The van der Waals surface area contributed by atoms with Crippen LogP contribution in [0.3, 0.4) is 0 Å². The maximum absolute atomic E-state index is 6.19. The summed E-state index contributed by atoms with van der Waals surface area (Å²) in [6.07, 6.45) is 0. The Labute approximate surface area is 132 Å². The highest BCUT2D eigenvalue weighted by Gasteiger charge is 2.14. The minimum absolute atomic E-state index is 0.241. The second-order valence-corrected chi connectivity index (χ2v) is 5.32. The van der Waals surface area contributed by atoms with Gasteiger partial charge in [-0.2, -0.15) is 0 Å². The number of nitrogens with two attached hydrogens (primary N) is 1. The molecule has 2 N–H and O–H groups in total. The lowest BCUT2D eigenvalue weighted by atomic mass is 10.1. The van der Waals surface area contributed by atoms with E-state index in [0.29, 0.717) is 28.1 Å². The number of halogens is 1. The molecule has 1 heterocycles. The Kier molecular flexibility index (Phi) is 3.86. The first-order valence-electron chi connectivity index (χ1n) is 6.24. The Morgan fingerprint density at radius 2 is 2.00 bits per heavy atom. The van der Waals surface area contributed by atoms with Crippen LogP contribution in [0.4, 0.5) is 0 Å². The molecule has 0 saturated heterocycles. The fraction of sp³-hybridized carbons (Fsp3) is 0.133. The number of hydrogen-bond acceptors (Lipinski definition) is 4. The Hall–Kier alpha value is -1.98. The molecule has 6 heteroatoms. The van der Waals surface area contributed by atoms with Crippen molar-refractivity contribution < 1.29 is 14.2 Å². The fourth-order valence-electron chi connectivity index (χ4n) is 1.95. The largest absolute Gasteiger partial charge is 0.489 e. The normalized spacial score (nSPS) is 12.2. The zero-order valence-electron chi connectivity index (χ0n) is 11.0. The van der Waals surface area contributed by atoms with Crippen LogP contribution in [0.25, 0.3) is 0 Å². The molecule has 108 valence electrons. The van der Waals surface area contributed by atoms with E-state index in [9.17, 15) is 0 Å². The van der Waals surface area contributed by atoms with Crippen LogP contribution < -0.4 is 19.9 Å². The van der Waals surface area contributed by atoms with Crippen LogP contribution in [0.15, 0.2) is 36.4 Å². The van der Waals surface area contributed by atoms with Crippen molar-refractivity contribution in [3.05, 3.63) is 52.5 Å². The van der Waals surface area contributed by atoms with E-state index in [1.807, 2.05) is 24.3 Å². The molecular weight excluding hydrogens is 310 g/mol. The standard InChI is InChI=1S/C15H12ClNO3S/c16-12-5-9(15(17)21)1-2-10(12)7-18-11-3-4-13-14(6-11)20-8-19-13/h1-6H,7-8H2,(H2,17,21). The monoisotopic (exact) mass is 321 g/mol. The lowest BCUT2D eigenvalue weighted by molar-refractivity contribution is 0.173. The average molecular weight is 322 g/mol. The van der Waals surface area contributed by atoms with Gasteiger partial charge in [-0.05, 0) is 18.2 Å². The number of fused-ring (bicyclic) bond motifs is 1. The Balaban J connectivity index is 1.71. The van der Waals surface area contributed by atoms with Crippen LogP contribution in [0.1, 0.15) is 11.1 Å². The third kappa shape index (κ3) is 3.04. The lowest BCUT2D eigenvalue weighted by Gasteiger charge is -2.09. The maximum Gasteiger partial charge on any atom is 0.231 e. The molecule has 21 heavy (non-hydrogen) atoms. The van der Waals surface area contributed by atoms with Gasteiger partial charge in [-0.15, -0.1) is 0 Å². The van der Waals surface area contributed by atoms with E-state index in [-0.39, 0.29) is 6.79 Å². The van der Waals surface area contributed by atoms with Gasteiger partial charge in [-0.1, -0.05) is 36.0 Å². The molecular formula is C15H12ClNO3S. The highest BCUT2D eigenvalue weighted by molar-refractivity contribution is 7.80. The molecule has 4 nitrogen and oxygen atoms in total. The van der Waals surface area contributed by atoms with Crippen LogP contribution in [0.2, 0.25) is 5.02 Å². The van der Waals surface area contributed by atoms with Gasteiger partial charge in [0.2, 0.25) is 6.79 Å². The molecule has 1 aliphatic rings. The molecule has 0 aliphatic carbocycles. The molecule has 0 spiro atoms. The van der Waals surface area contributed by atoms with Gasteiger partial charge in [-0.25, -0.2) is 0 Å². The van der Waals surface area contributed by atoms with Gasteiger partial charge in [0.25, 0.3) is 0 Å². The van der Waals surface area contributed by atoms with E-state index >= 15 is 0 Å². The predicted octanol–water partition coefficient (Wildman–Crippen LogP) is 3.28. The second kappa shape index (κ2) is 5.79. The van der Waals surface area contributed by atoms with E-state index in [1.165, 1.54) is 0 Å². The van der Waals surface area contributed by atoms with Crippen molar-refractivity contribution in [2.24, 2.45) is 5.73 Å². The van der Waals surface area contributed by atoms with Gasteiger partial charge in [0, 0.05) is 22.2 Å². The van der Waals surface area contributed by atoms with Crippen molar-refractivity contribution in [3.63, 3.8) is 0 Å². The summed E-state index contributed by atoms with van der Waals surface area (Å²) < 4.78 is 16.3. The molecule has 0 amide bonds. The van der Waals surface area contributed by atoms with Gasteiger partial charge in [0.05, 0.1) is 0 Å². The van der Waals surface area contributed by atoms with E-state index in [4.69, 9.17) is 43.8 Å². The van der Waals surface area contributed by atoms with E-state index in [2.05, 4.69) is 0 Å². The average Bonchev–Trinajstić information content (AvgIpc) is 2.93. The Bertz CT molecular complexity index is 705. The summed E-state index contributed by atoms with van der Waals surface area (Å²) in [5, 5.41) is 0.570. The van der Waals surface area contributed by atoms with Crippen molar-refractivity contribution in [2.45, 2.75) is 6.61 Å². The second-order valence-electron chi connectivity index (χ2n) is 4.47. The van der Waals surface area contributed by atoms with Crippen LogP contribution >= 0.6 is 23.8 Å².